The van der Waals surface area contributed by atoms with Crippen LogP contribution >= 0.6 is 23.2 Å². The highest BCUT2D eigenvalue weighted by Crippen LogP contribution is 2.45. The van der Waals surface area contributed by atoms with Crippen LogP contribution in [0.4, 0.5) is 17.1 Å². The summed E-state index contributed by atoms with van der Waals surface area (Å²) in [4.78, 5) is 34.4. The van der Waals surface area contributed by atoms with Gasteiger partial charge < -0.3 is 15.2 Å². The summed E-state index contributed by atoms with van der Waals surface area (Å²) >= 11 is 11.8. The molecule has 32 heavy (non-hydrogen) atoms. The largest absolute Gasteiger partial charge is 0.478 e. The normalized spacial score (nSPS) is 11.8. The lowest BCUT2D eigenvalue weighted by atomic mass is 10.1. The minimum absolute atomic E-state index is 0.0112. The Morgan fingerprint density at radius 1 is 1.03 bits per heavy atom. The maximum Gasteiger partial charge on any atom is 0.338 e. The number of non-ortho nitro benzene ring substituents is 1. The summed E-state index contributed by atoms with van der Waals surface area (Å²) in [5.41, 5.74) is 0.890. The van der Waals surface area contributed by atoms with E-state index in [1.807, 2.05) is 0 Å². The van der Waals surface area contributed by atoms with Gasteiger partial charge in [-0.3, -0.25) is 14.9 Å². The molecule has 0 bridgehead atoms. The molecule has 1 aliphatic heterocycles. The fourth-order valence-electron chi connectivity index (χ4n) is 3.09. The first-order valence-corrected chi connectivity index (χ1v) is 9.80. The highest BCUT2D eigenvalue weighted by Gasteiger charge is 2.26. The van der Waals surface area contributed by atoms with Crippen LogP contribution in [0.1, 0.15) is 26.3 Å². The van der Waals surface area contributed by atoms with Gasteiger partial charge in [0, 0.05) is 11.6 Å². The number of ether oxygens (including phenoxy) is 1. The molecule has 2 N–H and O–H groups in total. The Kier molecular flexibility index (Phi) is 5.56. The molecule has 0 radical (unpaired) electrons. The van der Waals surface area contributed by atoms with E-state index in [1.54, 1.807) is 30.3 Å². The predicted molar refractivity (Wildman–Crippen MR) is 120 cm³/mol. The topological polar surface area (TPSA) is 119 Å². The molecule has 1 aliphatic rings. The molecule has 0 unspecified atom stereocenters. The van der Waals surface area contributed by atoms with Crippen LogP contribution in [0.2, 0.25) is 10.0 Å². The zero-order valence-corrected chi connectivity index (χ0v) is 17.5. The number of rotatable bonds is 5. The molecule has 8 nitrogen and oxygen atoms in total. The molecule has 3 aromatic carbocycles. The van der Waals surface area contributed by atoms with E-state index < -0.39 is 16.6 Å². The Bertz CT molecular complexity index is 1340. The van der Waals surface area contributed by atoms with Gasteiger partial charge in [-0.1, -0.05) is 35.3 Å². The summed E-state index contributed by atoms with van der Waals surface area (Å²) < 4.78 is 5.74. The third-order valence-corrected chi connectivity index (χ3v) is 5.38. The van der Waals surface area contributed by atoms with Crippen LogP contribution in [-0.2, 0) is 0 Å². The van der Waals surface area contributed by atoms with Crippen molar-refractivity contribution in [1.29, 1.82) is 0 Å². The van der Waals surface area contributed by atoms with Crippen LogP contribution in [0.5, 0.6) is 11.5 Å². The molecule has 10 heteroatoms. The van der Waals surface area contributed by atoms with Gasteiger partial charge in [-0.15, -0.1) is 0 Å². The fourth-order valence-corrected chi connectivity index (χ4v) is 3.38. The van der Waals surface area contributed by atoms with Gasteiger partial charge in [0.2, 0.25) is 0 Å². The van der Waals surface area contributed by atoms with E-state index >= 15 is 0 Å². The number of fused-ring (bicyclic) bond motifs is 2. The highest BCUT2D eigenvalue weighted by molar-refractivity contribution is 6.42. The van der Waals surface area contributed by atoms with Crippen LogP contribution in [0, 0.1) is 10.1 Å². The third kappa shape index (κ3) is 4.14. The fraction of sp³-hybridized carbons (Fsp3) is 0. The molecule has 0 saturated heterocycles. The van der Waals surface area contributed by atoms with Gasteiger partial charge >= 0.3 is 5.97 Å². The van der Waals surface area contributed by atoms with E-state index in [0.29, 0.717) is 27.6 Å². The van der Waals surface area contributed by atoms with Gasteiger partial charge in [-0.2, -0.15) is 0 Å². The number of carbonyl (C=O) groups excluding carboxylic acids is 1. The van der Waals surface area contributed by atoms with Gasteiger partial charge in [-0.25, -0.2) is 4.79 Å². The lowest BCUT2D eigenvalue weighted by Crippen LogP contribution is -2.10. The molecule has 3 aromatic rings. The summed E-state index contributed by atoms with van der Waals surface area (Å²) in [5, 5.41) is 24.1. The van der Waals surface area contributed by atoms with Crippen molar-refractivity contribution >= 4 is 58.1 Å². The summed E-state index contributed by atoms with van der Waals surface area (Å²) in [6.45, 7) is 0. The minimum atomic E-state index is -1.33. The van der Waals surface area contributed by atoms with Crippen molar-refractivity contribution < 1.29 is 24.4 Å². The first-order chi connectivity index (χ1) is 15.2. The van der Waals surface area contributed by atoms with Crippen LogP contribution in [0.15, 0.2) is 54.6 Å². The Balaban J connectivity index is 1.62. The number of carbonyl (C=O) groups is 2. The number of nitro benzene ring substituents is 1. The molecule has 0 saturated carbocycles. The number of hydrogen-bond acceptors (Lipinski definition) is 6. The van der Waals surface area contributed by atoms with Gasteiger partial charge in [-0.05, 0) is 42.0 Å². The van der Waals surface area contributed by atoms with Crippen molar-refractivity contribution in [3.63, 3.8) is 0 Å². The predicted octanol–water partition coefficient (Wildman–Crippen LogP) is 6.35. The number of carboxylic acids is 1. The van der Waals surface area contributed by atoms with E-state index in [-0.39, 0.29) is 27.8 Å². The van der Waals surface area contributed by atoms with E-state index in [4.69, 9.17) is 27.9 Å². The van der Waals surface area contributed by atoms with Crippen molar-refractivity contribution in [2.24, 2.45) is 0 Å². The van der Waals surface area contributed by atoms with Gasteiger partial charge in [0.15, 0.2) is 17.3 Å². The van der Waals surface area contributed by atoms with E-state index in [9.17, 15) is 24.8 Å². The molecule has 0 amide bonds. The average Bonchev–Trinajstić information content (AvgIpc) is 2.76. The number of nitrogens with zero attached hydrogens (tertiary/aromatic N) is 1. The number of anilines is 2. The van der Waals surface area contributed by atoms with E-state index in [0.717, 1.165) is 12.1 Å². The monoisotopic (exact) mass is 470 g/mol. The van der Waals surface area contributed by atoms with Crippen LogP contribution in [0.25, 0.3) is 6.08 Å². The summed E-state index contributed by atoms with van der Waals surface area (Å²) in [6, 6.07) is 11.6. The molecular formula is C22H12Cl2N2O6. The molecule has 0 aliphatic carbocycles. The van der Waals surface area contributed by atoms with Crippen molar-refractivity contribution in [1.82, 2.24) is 0 Å². The Morgan fingerprint density at radius 3 is 2.50 bits per heavy atom. The lowest BCUT2D eigenvalue weighted by molar-refractivity contribution is -0.384. The Hall–Kier alpha value is -3.88. The molecule has 0 aromatic heterocycles. The van der Waals surface area contributed by atoms with Gasteiger partial charge in [0.25, 0.3) is 5.69 Å². The first kappa shape index (κ1) is 21.4. The maximum absolute atomic E-state index is 12.4. The van der Waals surface area contributed by atoms with E-state index in [2.05, 4.69) is 5.32 Å². The van der Waals surface area contributed by atoms with Crippen LogP contribution in [-0.4, -0.2) is 21.8 Å². The number of ketones is 1. The quantitative estimate of drug-likeness (QED) is 0.151. The summed E-state index contributed by atoms with van der Waals surface area (Å²) in [7, 11) is 0. The van der Waals surface area contributed by atoms with Crippen LogP contribution in [0.3, 0.4) is 0 Å². The highest BCUT2D eigenvalue weighted by atomic mass is 35.5. The Labute approximate surface area is 190 Å². The maximum atomic E-state index is 12.4. The number of aromatic carboxylic acids is 1. The number of allylic oxidation sites excluding steroid dienone is 1. The molecule has 4 rings (SSSR count). The number of nitrogens with one attached hydrogen (secondary N) is 1. The standard InChI is InChI=1S/C22H12Cl2N2O6/c23-15-4-3-12(8-16(15)24)18(27)6-2-11-1-5-17-19(7-11)32-20-10-13(26(30)31)9-14(22(28)29)21(20)25-17/h1-10,25H,(H,28,29)/b6-2+. The number of nitro groups is 1. The summed E-state index contributed by atoms with van der Waals surface area (Å²) in [5.74, 6) is -1.28. The first-order valence-electron chi connectivity index (χ1n) is 9.05. The van der Waals surface area contributed by atoms with Gasteiger partial charge in [0.05, 0.1) is 38.0 Å². The molecule has 0 fully saturated rings. The van der Waals surface area contributed by atoms with Crippen molar-refractivity contribution in [3.8, 4) is 11.5 Å². The second-order valence-electron chi connectivity index (χ2n) is 6.74. The zero-order chi connectivity index (χ0) is 23.0. The second kappa shape index (κ2) is 8.33. The third-order valence-electron chi connectivity index (χ3n) is 4.64. The molecule has 1 heterocycles. The van der Waals surface area contributed by atoms with Crippen LogP contribution < -0.4 is 10.1 Å². The number of carboxylic acid groups (broad SMARTS) is 1. The van der Waals surface area contributed by atoms with Crippen molar-refractivity contribution in [2.45, 2.75) is 0 Å². The minimum Gasteiger partial charge on any atom is -0.478 e. The Morgan fingerprint density at radius 2 is 1.81 bits per heavy atom. The second-order valence-corrected chi connectivity index (χ2v) is 7.55. The number of hydrogen-bond donors (Lipinski definition) is 2. The van der Waals surface area contributed by atoms with Crippen molar-refractivity contribution in [3.05, 3.63) is 91.5 Å². The lowest BCUT2D eigenvalue weighted by Gasteiger charge is -2.23. The SMILES string of the molecule is O=C(/C=C/c1ccc2c(c1)Oc1cc([N+](=O)[O-])cc(C(=O)O)c1N2)c1ccc(Cl)c(Cl)c1. The van der Waals surface area contributed by atoms with Crippen molar-refractivity contribution in [2.75, 3.05) is 5.32 Å². The molecule has 160 valence electrons. The zero-order valence-electron chi connectivity index (χ0n) is 16.0. The number of halogens is 2. The van der Waals surface area contributed by atoms with E-state index in [1.165, 1.54) is 18.2 Å². The molecule has 0 spiro atoms. The van der Waals surface area contributed by atoms with Gasteiger partial charge in [0.1, 0.15) is 0 Å². The summed E-state index contributed by atoms with van der Waals surface area (Å²) in [6.07, 6.45) is 2.93. The molecular weight excluding hydrogens is 459 g/mol. The molecule has 0 atom stereocenters. The number of benzene rings is 3. The smallest absolute Gasteiger partial charge is 0.338 e. The average molecular weight is 471 g/mol.